The molecule has 2 aromatic heterocycles. The standard InChI is InChI=1S/C13H20N4O/c1-9(18)4-5-14-7-11-6-12-10(2)16-17(3)13(12)15-8-11/h6,8-9,14,18H,4-5,7H2,1-3H3. The minimum absolute atomic E-state index is 0.251. The number of fused-ring (bicyclic) bond motifs is 1. The van der Waals surface area contributed by atoms with Crippen LogP contribution in [0.5, 0.6) is 0 Å². The molecule has 5 nitrogen and oxygen atoms in total. The van der Waals surface area contributed by atoms with E-state index in [4.69, 9.17) is 5.11 Å². The molecule has 18 heavy (non-hydrogen) atoms. The highest BCUT2D eigenvalue weighted by Gasteiger charge is 2.06. The maximum atomic E-state index is 9.17. The van der Waals surface area contributed by atoms with Gasteiger partial charge in [0.25, 0.3) is 0 Å². The smallest absolute Gasteiger partial charge is 0.157 e. The van der Waals surface area contributed by atoms with Crippen molar-refractivity contribution in [3.05, 3.63) is 23.5 Å². The van der Waals surface area contributed by atoms with Crippen molar-refractivity contribution < 1.29 is 5.11 Å². The molecule has 0 amide bonds. The predicted octanol–water partition coefficient (Wildman–Crippen LogP) is 1.14. The largest absolute Gasteiger partial charge is 0.393 e. The molecule has 98 valence electrons. The summed E-state index contributed by atoms with van der Waals surface area (Å²) in [6.45, 7) is 5.37. The fraction of sp³-hybridized carbons (Fsp3) is 0.538. The van der Waals surface area contributed by atoms with E-state index in [0.717, 1.165) is 41.8 Å². The van der Waals surface area contributed by atoms with E-state index in [1.54, 1.807) is 11.6 Å². The Hall–Kier alpha value is -1.46. The van der Waals surface area contributed by atoms with Crippen LogP contribution in [0.1, 0.15) is 24.6 Å². The van der Waals surface area contributed by atoms with Crippen LogP contribution in [0.4, 0.5) is 0 Å². The molecular formula is C13H20N4O. The number of aliphatic hydroxyl groups is 1. The van der Waals surface area contributed by atoms with Crippen LogP contribution in [0.2, 0.25) is 0 Å². The summed E-state index contributed by atoms with van der Waals surface area (Å²) in [6.07, 6.45) is 2.39. The normalized spacial score (nSPS) is 13.1. The summed E-state index contributed by atoms with van der Waals surface area (Å²) in [4.78, 5) is 4.43. The highest BCUT2D eigenvalue weighted by Crippen LogP contribution is 2.16. The summed E-state index contributed by atoms with van der Waals surface area (Å²) in [5, 5.41) is 17.9. The van der Waals surface area contributed by atoms with Crippen molar-refractivity contribution in [2.75, 3.05) is 6.54 Å². The number of rotatable bonds is 5. The third-order valence-corrected chi connectivity index (χ3v) is 2.99. The quantitative estimate of drug-likeness (QED) is 0.779. The Labute approximate surface area is 107 Å². The van der Waals surface area contributed by atoms with E-state index in [0.29, 0.717) is 0 Å². The van der Waals surface area contributed by atoms with E-state index < -0.39 is 0 Å². The Morgan fingerprint density at radius 1 is 1.50 bits per heavy atom. The first-order valence-electron chi connectivity index (χ1n) is 6.25. The van der Waals surface area contributed by atoms with Gasteiger partial charge in [-0.2, -0.15) is 5.10 Å². The van der Waals surface area contributed by atoms with Crippen molar-refractivity contribution in [3.8, 4) is 0 Å². The molecule has 0 saturated heterocycles. The Balaban J connectivity index is 2.04. The fourth-order valence-corrected chi connectivity index (χ4v) is 1.99. The van der Waals surface area contributed by atoms with Gasteiger partial charge in [0.15, 0.2) is 5.65 Å². The van der Waals surface area contributed by atoms with E-state index >= 15 is 0 Å². The molecule has 0 aromatic carbocycles. The lowest BCUT2D eigenvalue weighted by molar-refractivity contribution is 0.183. The average Bonchev–Trinajstić information content (AvgIpc) is 2.60. The van der Waals surface area contributed by atoms with Gasteiger partial charge in [0.05, 0.1) is 11.8 Å². The molecular weight excluding hydrogens is 228 g/mol. The van der Waals surface area contributed by atoms with Gasteiger partial charge >= 0.3 is 0 Å². The van der Waals surface area contributed by atoms with Crippen molar-refractivity contribution in [1.82, 2.24) is 20.1 Å². The maximum absolute atomic E-state index is 9.17. The molecule has 0 aliphatic rings. The van der Waals surface area contributed by atoms with Gasteiger partial charge in [0, 0.05) is 25.2 Å². The average molecular weight is 248 g/mol. The summed E-state index contributed by atoms with van der Waals surface area (Å²) >= 11 is 0. The number of nitrogens with one attached hydrogen (secondary N) is 1. The molecule has 0 saturated carbocycles. The lowest BCUT2D eigenvalue weighted by Crippen LogP contribution is -2.18. The summed E-state index contributed by atoms with van der Waals surface area (Å²) < 4.78 is 1.80. The van der Waals surface area contributed by atoms with E-state index in [-0.39, 0.29) is 6.10 Å². The van der Waals surface area contributed by atoms with Crippen LogP contribution in [-0.4, -0.2) is 32.5 Å². The zero-order chi connectivity index (χ0) is 13.1. The second-order valence-corrected chi connectivity index (χ2v) is 4.74. The summed E-state index contributed by atoms with van der Waals surface area (Å²) in [5.41, 5.74) is 3.07. The van der Waals surface area contributed by atoms with Gasteiger partial charge in [-0.1, -0.05) is 0 Å². The first-order chi connectivity index (χ1) is 8.58. The molecule has 2 aromatic rings. The Morgan fingerprint density at radius 3 is 3.00 bits per heavy atom. The molecule has 0 fully saturated rings. The van der Waals surface area contributed by atoms with Gasteiger partial charge in [0.1, 0.15) is 0 Å². The highest BCUT2D eigenvalue weighted by atomic mass is 16.3. The van der Waals surface area contributed by atoms with Gasteiger partial charge in [-0.25, -0.2) is 4.98 Å². The van der Waals surface area contributed by atoms with Crippen LogP contribution in [0.25, 0.3) is 11.0 Å². The van der Waals surface area contributed by atoms with Crippen molar-refractivity contribution in [2.24, 2.45) is 7.05 Å². The van der Waals surface area contributed by atoms with Crippen molar-refractivity contribution in [3.63, 3.8) is 0 Å². The van der Waals surface area contributed by atoms with E-state index in [1.807, 2.05) is 20.2 Å². The van der Waals surface area contributed by atoms with E-state index in [2.05, 4.69) is 21.5 Å². The van der Waals surface area contributed by atoms with Crippen LogP contribution >= 0.6 is 0 Å². The number of pyridine rings is 1. The molecule has 0 aliphatic carbocycles. The maximum Gasteiger partial charge on any atom is 0.157 e. The molecule has 2 N–H and O–H groups in total. The monoisotopic (exact) mass is 248 g/mol. The molecule has 0 bridgehead atoms. The number of aromatic nitrogens is 3. The molecule has 1 unspecified atom stereocenters. The topological polar surface area (TPSA) is 63.0 Å². The molecule has 2 rings (SSSR count). The molecule has 0 aliphatic heterocycles. The third kappa shape index (κ3) is 2.86. The Kier molecular flexibility index (Phi) is 3.93. The summed E-state index contributed by atoms with van der Waals surface area (Å²) in [5.74, 6) is 0. The minimum Gasteiger partial charge on any atom is -0.393 e. The van der Waals surface area contributed by atoms with Gasteiger partial charge in [-0.3, -0.25) is 4.68 Å². The molecule has 0 spiro atoms. The molecule has 5 heteroatoms. The van der Waals surface area contributed by atoms with Crippen molar-refractivity contribution in [2.45, 2.75) is 32.9 Å². The molecule has 0 radical (unpaired) electrons. The van der Waals surface area contributed by atoms with Crippen molar-refractivity contribution >= 4 is 11.0 Å². The first-order valence-corrected chi connectivity index (χ1v) is 6.25. The van der Waals surface area contributed by atoms with E-state index in [9.17, 15) is 0 Å². The van der Waals surface area contributed by atoms with Crippen LogP contribution in [0.15, 0.2) is 12.3 Å². The number of aliphatic hydroxyl groups excluding tert-OH is 1. The lowest BCUT2D eigenvalue weighted by Gasteiger charge is -2.06. The second-order valence-electron chi connectivity index (χ2n) is 4.74. The fourth-order valence-electron chi connectivity index (χ4n) is 1.99. The number of hydrogen-bond acceptors (Lipinski definition) is 4. The molecule has 1 atom stereocenters. The third-order valence-electron chi connectivity index (χ3n) is 2.99. The van der Waals surface area contributed by atoms with Gasteiger partial charge in [0.2, 0.25) is 0 Å². The van der Waals surface area contributed by atoms with Crippen LogP contribution in [-0.2, 0) is 13.6 Å². The Morgan fingerprint density at radius 2 is 2.28 bits per heavy atom. The van der Waals surface area contributed by atoms with Crippen LogP contribution in [0.3, 0.4) is 0 Å². The lowest BCUT2D eigenvalue weighted by atomic mass is 10.2. The van der Waals surface area contributed by atoms with Gasteiger partial charge in [-0.05, 0) is 38.4 Å². The van der Waals surface area contributed by atoms with Crippen molar-refractivity contribution in [1.29, 1.82) is 0 Å². The second kappa shape index (κ2) is 5.46. The minimum atomic E-state index is -0.251. The number of aryl methyl sites for hydroxylation is 2. The highest BCUT2D eigenvalue weighted by molar-refractivity contribution is 5.78. The van der Waals surface area contributed by atoms with Gasteiger partial charge in [-0.15, -0.1) is 0 Å². The number of nitrogens with zero attached hydrogens (tertiary/aromatic N) is 3. The van der Waals surface area contributed by atoms with Gasteiger partial charge < -0.3 is 10.4 Å². The Bertz CT molecular complexity index is 533. The first kappa shape index (κ1) is 13.0. The number of hydrogen-bond donors (Lipinski definition) is 2. The zero-order valence-electron chi connectivity index (χ0n) is 11.1. The summed E-state index contributed by atoms with van der Waals surface area (Å²) in [6, 6.07) is 2.13. The zero-order valence-corrected chi connectivity index (χ0v) is 11.1. The van der Waals surface area contributed by atoms with Crippen LogP contribution < -0.4 is 5.32 Å². The predicted molar refractivity (Wildman–Crippen MR) is 71.3 cm³/mol. The SMILES string of the molecule is Cc1nn(C)c2ncc(CNCCC(C)O)cc12. The van der Waals surface area contributed by atoms with E-state index in [1.165, 1.54) is 0 Å². The molecule has 2 heterocycles. The van der Waals surface area contributed by atoms with Crippen LogP contribution in [0, 0.1) is 6.92 Å². The summed E-state index contributed by atoms with van der Waals surface area (Å²) in [7, 11) is 1.91.